The molecule has 2 aromatic rings. The van der Waals surface area contributed by atoms with E-state index in [1.807, 2.05) is 11.8 Å². The van der Waals surface area contributed by atoms with Crippen LogP contribution in [-0.4, -0.2) is 36.8 Å². The number of Topliss-reactive ketones (excluding diaryl/α,β-unsaturated/α-hetero) is 1. The van der Waals surface area contributed by atoms with Crippen LogP contribution in [-0.2, 0) is 11.3 Å². The third-order valence-electron chi connectivity index (χ3n) is 3.75. The van der Waals surface area contributed by atoms with Crippen molar-refractivity contribution in [3.8, 4) is 5.75 Å². The third-order valence-corrected chi connectivity index (χ3v) is 3.75. The SMILES string of the molecule is CCOc1ccc(C(C)=O)cc1CN(C)CC(=O)Nc1ccc(F)cc1. The number of nitrogens with zero attached hydrogens (tertiary/aromatic N) is 1. The van der Waals surface area contributed by atoms with E-state index in [1.165, 1.54) is 31.2 Å². The minimum Gasteiger partial charge on any atom is -0.494 e. The number of anilines is 1. The van der Waals surface area contributed by atoms with Crippen LogP contribution in [0.25, 0.3) is 0 Å². The zero-order valence-electron chi connectivity index (χ0n) is 15.2. The van der Waals surface area contributed by atoms with Crippen molar-refractivity contribution in [3.63, 3.8) is 0 Å². The van der Waals surface area contributed by atoms with Gasteiger partial charge in [-0.3, -0.25) is 14.5 Å². The lowest BCUT2D eigenvalue weighted by molar-refractivity contribution is -0.117. The number of ether oxygens (including phenoxy) is 1. The van der Waals surface area contributed by atoms with E-state index in [4.69, 9.17) is 4.74 Å². The molecule has 0 unspecified atom stereocenters. The number of carbonyl (C=O) groups is 2. The Morgan fingerprint density at radius 1 is 1.15 bits per heavy atom. The number of likely N-dealkylation sites (N-methyl/N-ethyl adjacent to an activating group) is 1. The van der Waals surface area contributed by atoms with Gasteiger partial charge >= 0.3 is 0 Å². The van der Waals surface area contributed by atoms with Gasteiger partial charge in [0.25, 0.3) is 0 Å². The summed E-state index contributed by atoms with van der Waals surface area (Å²) in [6.45, 7) is 4.52. The molecular weight excluding hydrogens is 335 g/mol. The molecule has 0 aliphatic heterocycles. The van der Waals surface area contributed by atoms with E-state index in [9.17, 15) is 14.0 Å². The molecule has 2 rings (SSSR count). The normalized spacial score (nSPS) is 10.7. The molecule has 138 valence electrons. The van der Waals surface area contributed by atoms with Crippen LogP contribution >= 0.6 is 0 Å². The fraction of sp³-hybridized carbons (Fsp3) is 0.300. The van der Waals surface area contributed by atoms with Crippen LogP contribution in [0, 0.1) is 5.82 Å². The first-order chi connectivity index (χ1) is 12.4. The molecule has 0 saturated heterocycles. The summed E-state index contributed by atoms with van der Waals surface area (Å²) in [7, 11) is 1.81. The first kappa shape index (κ1) is 19.6. The van der Waals surface area contributed by atoms with Crippen LogP contribution in [0.2, 0.25) is 0 Å². The molecule has 2 aromatic carbocycles. The minimum atomic E-state index is -0.353. The third kappa shape index (κ3) is 5.67. The van der Waals surface area contributed by atoms with E-state index in [0.717, 1.165) is 5.56 Å². The van der Waals surface area contributed by atoms with Crippen LogP contribution in [0.1, 0.15) is 29.8 Å². The Labute approximate surface area is 152 Å². The summed E-state index contributed by atoms with van der Waals surface area (Å²) in [5, 5.41) is 2.72. The predicted octanol–water partition coefficient (Wildman–Crippen LogP) is 3.50. The zero-order valence-corrected chi connectivity index (χ0v) is 15.2. The van der Waals surface area contributed by atoms with Crippen LogP contribution in [0.4, 0.5) is 10.1 Å². The van der Waals surface area contributed by atoms with E-state index in [0.29, 0.717) is 30.2 Å². The Kier molecular flexibility index (Phi) is 6.86. The molecule has 0 aliphatic rings. The largest absolute Gasteiger partial charge is 0.494 e. The maximum Gasteiger partial charge on any atom is 0.238 e. The number of rotatable bonds is 8. The van der Waals surface area contributed by atoms with Crippen molar-refractivity contribution in [2.75, 3.05) is 25.5 Å². The molecular formula is C20H23FN2O3. The molecule has 0 radical (unpaired) electrons. The Bertz CT molecular complexity index is 775. The lowest BCUT2D eigenvalue weighted by Crippen LogP contribution is -2.30. The zero-order chi connectivity index (χ0) is 19.1. The van der Waals surface area contributed by atoms with Crippen LogP contribution in [0.5, 0.6) is 5.75 Å². The highest BCUT2D eigenvalue weighted by molar-refractivity contribution is 5.94. The van der Waals surface area contributed by atoms with E-state index in [-0.39, 0.29) is 24.1 Å². The number of carbonyl (C=O) groups excluding carboxylic acids is 2. The number of benzene rings is 2. The average Bonchev–Trinajstić information content (AvgIpc) is 2.58. The highest BCUT2D eigenvalue weighted by Gasteiger charge is 2.13. The van der Waals surface area contributed by atoms with Crippen molar-refractivity contribution in [3.05, 3.63) is 59.4 Å². The van der Waals surface area contributed by atoms with Crippen molar-refractivity contribution >= 4 is 17.4 Å². The highest BCUT2D eigenvalue weighted by Crippen LogP contribution is 2.22. The first-order valence-electron chi connectivity index (χ1n) is 8.39. The van der Waals surface area contributed by atoms with E-state index >= 15 is 0 Å². The van der Waals surface area contributed by atoms with E-state index in [2.05, 4.69) is 5.32 Å². The van der Waals surface area contributed by atoms with E-state index in [1.54, 1.807) is 25.2 Å². The van der Waals surface area contributed by atoms with Gasteiger partial charge in [0.05, 0.1) is 13.2 Å². The quantitative estimate of drug-likeness (QED) is 0.734. The Hall–Kier alpha value is -2.73. The van der Waals surface area contributed by atoms with Crippen molar-refractivity contribution in [2.24, 2.45) is 0 Å². The standard InChI is InChI=1S/C20H23FN2O3/c1-4-26-19-10-5-15(14(2)24)11-16(19)12-23(3)13-20(25)22-18-8-6-17(21)7-9-18/h5-11H,4,12-13H2,1-3H3,(H,22,25). The van der Waals surface area contributed by atoms with Crippen molar-refractivity contribution in [1.29, 1.82) is 0 Å². The second-order valence-electron chi connectivity index (χ2n) is 6.04. The summed E-state index contributed by atoms with van der Waals surface area (Å²) in [4.78, 5) is 25.6. The van der Waals surface area contributed by atoms with Gasteiger partial charge in [0.1, 0.15) is 11.6 Å². The summed E-state index contributed by atoms with van der Waals surface area (Å²) in [5.41, 5.74) is 1.99. The summed E-state index contributed by atoms with van der Waals surface area (Å²) in [6, 6.07) is 10.9. The molecule has 1 N–H and O–H groups in total. The van der Waals surface area contributed by atoms with Crippen LogP contribution in [0.15, 0.2) is 42.5 Å². The van der Waals surface area contributed by atoms with Crippen LogP contribution in [0.3, 0.4) is 0 Å². The predicted molar refractivity (Wildman–Crippen MR) is 99.0 cm³/mol. The maximum absolute atomic E-state index is 12.9. The monoisotopic (exact) mass is 358 g/mol. The van der Waals surface area contributed by atoms with Gasteiger partial charge in [-0.1, -0.05) is 0 Å². The lowest BCUT2D eigenvalue weighted by atomic mass is 10.1. The van der Waals surface area contributed by atoms with Gasteiger partial charge in [-0.05, 0) is 63.4 Å². The van der Waals surface area contributed by atoms with Crippen molar-refractivity contribution in [1.82, 2.24) is 4.90 Å². The molecule has 0 fully saturated rings. The Balaban J connectivity index is 2.02. The highest BCUT2D eigenvalue weighted by atomic mass is 19.1. The minimum absolute atomic E-state index is 0.0222. The average molecular weight is 358 g/mol. The van der Waals surface area contributed by atoms with Crippen molar-refractivity contribution < 1.29 is 18.7 Å². The number of halogens is 1. The van der Waals surface area contributed by atoms with Gasteiger partial charge in [-0.2, -0.15) is 0 Å². The molecule has 6 heteroatoms. The topological polar surface area (TPSA) is 58.6 Å². The number of ketones is 1. The summed E-state index contributed by atoms with van der Waals surface area (Å²) in [6.07, 6.45) is 0. The second-order valence-corrected chi connectivity index (χ2v) is 6.04. The number of hydrogen-bond donors (Lipinski definition) is 1. The van der Waals surface area contributed by atoms with Gasteiger partial charge in [0.15, 0.2) is 5.78 Å². The molecule has 1 amide bonds. The van der Waals surface area contributed by atoms with E-state index < -0.39 is 0 Å². The van der Waals surface area contributed by atoms with Gasteiger partial charge in [-0.25, -0.2) is 4.39 Å². The fourth-order valence-corrected chi connectivity index (χ4v) is 2.54. The molecule has 0 saturated carbocycles. The molecule has 0 spiro atoms. The summed E-state index contributed by atoms with van der Waals surface area (Å²) < 4.78 is 18.5. The first-order valence-corrected chi connectivity index (χ1v) is 8.39. The molecule has 0 heterocycles. The molecule has 0 aromatic heterocycles. The smallest absolute Gasteiger partial charge is 0.238 e. The molecule has 0 atom stereocenters. The molecule has 0 bridgehead atoms. The van der Waals surface area contributed by atoms with Gasteiger partial charge in [0.2, 0.25) is 5.91 Å². The van der Waals surface area contributed by atoms with Gasteiger partial charge < -0.3 is 10.1 Å². The molecule has 5 nitrogen and oxygen atoms in total. The second kappa shape index (κ2) is 9.10. The van der Waals surface area contributed by atoms with Crippen LogP contribution < -0.4 is 10.1 Å². The summed E-state index contributed by atoms with van der Waals surface area (Å²) >= 11 is 0. The van der Waals surface area contributed by atoms with Gasteiger partial charge in [-0.15, -0.1) is 0 Å². The summed E-state index contributed by atoms with van der Waals surface area (Å²) in [5.74, 6) is 0.114. The molecule has 26 heavy (non-hydrogen) atoms. The molecule has 0 aliphatic carbocycles. The fourth-order valence-electron chi connectivity index (χ4n) is 2.54. The Morgan fingerprint density at radius 3 is 2.46 bits per heavy atom. The lowest BCUT2D eigenvalue weighted by Gasteiger charge is -2.19. The number of amides is 1. The Morgan fingerprint density at radius 2 is 1.85 bits per heavy atom. The number of hydrogen-bond acceptors (Lipinski definition) is 4. The van der Waals surface area contributed by atoms with Gasteiger partial charge in [0, 0.05) is 23.4 Å². The maximum atomic E-state index is 12.9. The van der Waals surface area contributed by atoms with Crippen molar-refractivity contribution in [2.45, 2.75) is 20.4 Å². The number of nitrogens with one attached hydrogen (secondary N) is 1.